The van der Waals surface area contributed by atoms with Gasteiger partial charge in [0, 0.05) is 11.1 Å². The molecule has 0 fully saturated rings. The molecule has 118 valence electrons. The minimum Gasteiger partial charge on any atom is -0.0807 e. The highest BCUT2D eigenvalue weighted by molar-refractivity contribution is 5.71. The van der Waals surface area contributed by atoms with Gasteiger partial charge in [0.1, 0.15) is 0 Å². The highest BCUT2D eigenvalue weighted by Crippen LogP contribution is 2.30. The number of allylic oxidation sites excluding steroid dienone is 2. The minimum atomic E-state index is 1.07. The first-order valence-electron chi connectivity index (χ1n) is 8.61. The van der Waals surface area contributed by atoms with E-state index in [0.717, 1.165) is 11.1 Å². The van der Waals surface area contributed by atoms with Gasteiger partial charge in [-0.15, -0.1) is 0 Å². The Labute approximate surface area is 141 Å². The first-order chi connectivity index (χ1) is 11.2. The molecule has 0 spiro atoms. The fraction of sp³-hybridized carbons (Fsp3) is 0.304. The van der Waals surface area contributed by atoms with Gasteiger partial charge in [0.05, 0.1) is 0 Å². The van der Waals surface area contributed by atoms with Crippen molar-refractivity contribution in [1.29, 1.82) is 0 Å². The first kappa shape index (κ1) is 17.1. The van der Waals surface area contributed by atoms with Gasteiger partial charge in [0.15, 0.2) is 0 Å². The van der Waals surface area contributed by atoms with Gasteiger partial charge in [-0.3, -0.25) is 0 Å². The van der Waals surface area contributed by atoms with Gasteiger partial charge in [-0.25, -0.2) is 0 Å². The second-order valence-corrected chi connectivity index (χ2v) is 5.77. The molecule has 0 saturated heterocycles. The van der Waals surface area contributed by atoms with Crippen molar-refractivity contribution in [3.05, 3.63) is 76.4 Å². The zero-order chi connectivity index (χ0) is 16.7. The van der Waals surface area contributed by atoms with Crippen molar-refractivity contribution in [2.75, 3.05) is 0 Å². The summed E-state index contributed by atoms with van der Waals surface area (Å²) in [5.41, 5.74) is 7.66. The van der Waals surface area contributed by atoms with Crippen molar-refractivity contribution in [3.8, 4) is 11.8 Å². The van der Waals surface area contributed by atoms with Crippen molar-refractivity contribution in [2.24, 2.45) is 0 Å². The molecule has 0 atom stereocenters. The summed E-state index contributed by atoms with van der Waals surface area (Å²) in [5, 5.41) is 0. The Morgan fingerprint density at radius 3 is 2.13 bits per heavy atom. The van der Waals surface area contributed by atoms with Crippen LogP contribution >= 0.6 is 0 Å². The van der Waals surface area contributed by atoms with Crippen LogP contribution in [0.3, 0.4) is 0 Å². The Hall–Kier alpha value is -2.26. The predicted octanol–water partition coefficient (Wildman–Crippen LogP) is 6.30. The molecule has 2 aromatic rings. The third-order valence-corrected chi connectivity index (χ3v) is 4.03. The number of hydrogen-bond acceptors (Lipinski definition) is 0. The summed E-state index contributed by atoms with van der Waals surface area (Å²) in [6, 6.07) is 14.9. The molecule has 0 aliphatic heterocycles. The fourth-order valence-corrected chi connectivity index (χ4v) is 2.74. The van der Waals surface area contributed by atoms with Crippen LogP contribution in [0.1, 0.15) is 60.9 Å². The quantitative estimate of drug-likeness (QED) is 0.542. The summed E-state index contributed by atoms with van der Waals surface area (Å²) in [6.07, 6.45) is 6.08. The van der Waals surface area contributed by atoms with E-state index in [1.165, 1.54) is 41.5 Å². The van der Waals surface area contributed by atoms with Crippen LogP contribution in [0.5, 0.6) is 0 Å². The lowest BCUT2D eigenvalue weighted by atomic mass is 9.97. The zero-order valence-electron chi connectivity index (χ0n) is 14.7. The van der Waals surface area contributed by atoms with Crippen molar-refractivity contribution < 1.29 is 0 Å². The maximum Gasteiger partial charge on any atom is 0.0255 e. The third-order valence-electron chi connectivity index (χ3n) is 4.03. The van der Waals surface area contributed by atoms with E-state index >= 15 is 0 Å². The van der Waals surface area contributed by atoms with E-state index in [0.29, 0.717) is 0 Å². The molecule has 0 bridgehead atoms. The predicted molar refractivity (Wildman–Crippen MR) is 102 cm³/mol. The zero-order valence-corrected chi connectivity index (χ0v) is 14.7. The van der Waals surface area contributed by atoms with E-state index in [1.54, 1.807) is 0 Å². The Bertz CT molecular complexity index is 734. The number of rotatable bonds is 1. The topological polar surface area (TPSA) is 0 Å². The second kappa shape index (κ2) is 8.39. The van der Waals surface area contributed by atoms with Crippen LogP contribution in [0.2, 0.25) is 0 Å². The maximum absolute atomic E-state index is 3.29. The molecular weight excluding hydrogens is 276 g/mol. The second-order valence-electron chi connectivity index (χ2n) is 5.77. The highest BCUT2D eigenvalue weighted by atomic mass is 14.1. The molecule has 0 unspecified atom stereocenters. The molecule has 1 aliphatic carbocycles. The van der Waals surface area contributed by atoms with E-state index < -0.39 is 0 Å². The van der Waals surface area contributed by atoms with Crippen LogP contribution in [-0.4, -0.2) is 0 Å². The molecular formula is C23H26. The van der Waals surface area contributed by atoms with Gasteiger partial charge in [-0.1, -0.05) is 55.5 Å². The minimum absolute atomic E-state index is 1.07. The molecule has 2 aromatic carbocycles. The van der Waals surface area contributed by atoms with Crippen molar-refractivity contribution >= 4 is 5.57 Å². The number of aryl methyl sites for hydroxylation is 2. The lowest BCUT2D eigenvalue weighted by Gasteiger charge is -2.07. The summed E-state index contributed by atoms with van der Waals surface area (Å²) >= 11 is 0. The first-order valence-corrected chi connectivity index (χ1v) is 8.61. The summed E-state index contributed by atoms with van der Waals surface area (Å²) in [6.45, 7) is 8.28. The standard InChI is InChI=1S/C21H20.C2H6/c1-16-7-10-18(11-8-16)13-14-19-12-9-17(2)21(15-19)20-5-3-4-6-20;1-2/h5,7-12,15H,3-4,6H2,1-2H3;1-2H3. The van der Waals surface area contributed by atoms with Crippen LogP contribution in [0.4, 0.5) is 0 Å². The normalized spacial score (nSPS) is 12.6. The molecule has 0 amide bonds. The van der Waals surface area contributed by atoms with Crippen LogP contribution in [0.25, 0.3) is 5.57 Å². The smallest absolute Gasteiger partial charge is 0.0255 e. The van der Waals surface area contributed by atoms with Crippen LogP contribution in [0.15, 0.2) is 48.5 Å². The summed E-state index contributed by atoms with van der Waals surface area (Å²) < 4.78 is 0. The van der Waals surface area contributed by atoms with Crippen molar-refractivity contribution in [1.82, 2.24) is 0 Å². The molecule has 0 radical (unpaired) electrons. The molecule has 23 heavy (non-hydrogen) atoms. The van der Waals surface area contributed by atoms with Crippen molar-refractivity contribution in [2.45, 2.75) is 47.0 Å². The van der Waals surface area contributed by atoms with E-state index in [2.05, 4.69) is 74.2 Å². The Kier molecular flexibility index (Phi) is 6.24. The summed E-state index contributed by atoms with van der Waals surface area (Å²) in [7, 11) is 0. The summed E-state index contributed by atoms with van der Waals surface area (Å²) in [5.74, 6) is 6.55. The number of benzene rings is 2. The van der Waals surface area contributed by atoms with E-state index in [9.17, 15) is 0 Å². The third kappa shape index (κ3) is 4.60. The van der Waals surface area contributed by atoms with Crippen LogP contribution in [-0.2, 0) is 0 Å². The van der Waals surface area contributed by atoms with E-state index in [1.807, 2.05) is 13.8 Å². The average Bonchev–Trinajstić information content (AvgIpc) is 3.12. The fourth-order valence-electron chi connectivity index (χ4n) is 2.74. The molecule has 0 N–H and O–H groups in total. The molecule has 0 nitrogen and oxygen atoms in total. The highest BCUT2D eigenvalue weighted by Gasteiger charge is 2.09. The molecule has 0 aromatic heterocycles. The molecule has 0 heterocycles. The number of hydrogen-bond donors (Lipinski definition) is 0. The van der Waals surface area contributed by atoms with Gasteiger partial charge in [0.2, 0.25) is 0 Å². The molecule has 0 saturated carbocycles. The Morgan fingerprint density at radius 1 is 0.826 bits per heavy atom. The maximum atomic E-state index is 3.29. The lowest BCUT2D eigenvalue weighted by molar-refractivity contribution is 0.935. The van der Waals surface area contributed by atoms with Crippen LogP contribution in [0, 0.1) is 25.7 Å². The largest absolute Gasteiger partial charge is 0.0807 e. The van der Waals surface area contributed by atoms with E-state index in [4.69, 9.17) is 0 Å². The van der Waals surface area contributed by atoms with Gasteiger partial charge in [-0.2, -0.15) is 0 Å². The summed E-state index contributed by atoms with van der Waals surface area (Å²) in [4.78, 5) is 0. The SMILES string of the molecule is CC.Cc1ccc(C#Cc2ccc(C)c(C3=CCCC3)c2)cc1. The van der Waals surface area contributed by atoms with Gasteiger partial charge >= 0.3 is 0 Å². The molecule has 3 rings (SSSR count). The van der Waals surface area contributed by atoms with Crippen LogP contribution < -0.4 is 0 Å². The monoisotopic (exact) mass is 302 g/mol. The molecule has 0 heteroatoms. The van der Waals surface area contributed by atoms with E-state index in [-0.39, 0.29) is 0 Å². The van der Waals surface area contributed by atoms with Gasteiger partial charge < -0.3 is 0 Å². The average molecular weight is 302 g/mol. The van der Waals surface area contributed by atoms with Gasteiger partial charge in [0.25, 0.3) is 0 Å². The Balaban J connectivity index is 0.000000924. The Morgan fingerprint density at radius 2 is 1.48 bits per heavy atom. The van der Waals surface area contributed by atoms with Crippen molar-refractivity contribution in [3.63, 3.8) is 0 Å². The molecule has 1 aliphatic rings. The van der Waals surface area contributed by atoms with Gasteiger partial charge in [-0.05, 0) is 74.1 Å². The lowest BCUT2D eigenvalue weighted by Crippen LogP contribution is -1.88.